The van der Waals surface area contributed by atoms with Gasteiger partial charge in [-0.05, 0) is 31.9 Å². The average Bonchev–Trinajstić information content (AvgIpc) is 2.74. The molecule has 0 aliphatic carbocycles. The number of ether oxygens (including phenoxy) is 1. The molecule has 2 aliphatic heterocycles. The van der Waals surface area contributed by atoms with Crippen LogP contribution < -0.4 is 10.2 Å². The molecule has 1 aromatic rings. The highest BCUT2D eigenvalue weighted by molar-refractivity contribution is 6.51. The van der Waals surface area contributed by atoms with E-state index in [2.05, 4.69) is 5.32 Å². The fourth-order valence-corrected chi connectivity index (χ4v) is 2.93. The van der Waals surface area contributed by atoms with Crippen LogP contribution in [-0.2, 0) is 9.53 Å². The van der Waals surface area contributed by atoms with Gasteiger partial charge in [0.15, 0.2) is 0 Å². The summed E-state index contributed by atoms with van der Waals surface area (Å²) in [4.78, 5) is 24.8. The smallest absolute Gasteiger partial charge is 0.296 e. The van der Waals surface area contributed by atoms with Gasteiger partial charge in [0.05, 0.1) is 23.0 Å². The maximum Gasteiger partial charge on any atom is 0.296 e. The van der Waals surface area contributed by atoms with Crippen LogP contribution in [-0.4, -0.2) is 37.5 Å². The van der Waals surface area contributed by atoms with Gasteiger partial charge in [-0.15, -0.1) is 0 Å². The first kappa shape index (κ1) is 14.0. The Labute approximate surface area is 122 Å². The molecule has 1 fully saturated rings. The highest BCUT2D eigenvalue weighted by atomic mass is 19.1. The number of benzene rings is 1. The summed E-state index contributed by atoms with van der Waals surface area (Å²) in [7, 11) is 0. The van der Waals surface area contributed by atoms with E-state index in [4.69, 9.17) is 4.74 Å². The minimum Gasteiger partial charge on any atom is -0.377 e. The topological polar surface area (TPSA) is 58.6 Å². The molecule has 0 radical (unpaired) electrons. The molecule has 2 heterocycles. The summed E-state index contributed by atoms with van der Waals surface area (Å²) in [5.41, 5.74) is 0.910. The first-order valence-corrected chi connectivity index (χ1v) is 7.16. The van der Waals surface area contributed by atoms with Crippen LogP contribution in [0.3, 0.4) is 0 Å². The zero-order valence-corrected chi connectivity index (χ0v) is 11.8. The monoisotopic (exact) mass is 292 g/mol. The van der Waals surface area contributed by atoms with E-state index in [1.807, 2.05) is 11.8 Å². The normalized spacial score (nSPS) is 21.4. The van der Waals surface area contributed by atoms with E-state index >= 15 is 0 Å². The first-order chi connectivity index (χ1) is 10.1. The lowest BCUT2D eigenvalue weighted by Crippen LogP contribution is -2.40. The van der Waals surface area contributed by atoms with Gasteiger partial charge in [0.2, 0.25) is 0 Å². The molecule has 3 rings (SSSR count). The van der Waals surface area contributed by atoms with Crippen molar-refractivity contribution in [3.8, 4) is 0 Å². The summed E-state index contributed by atoms with van der Waals surface area (Å²) in [5.74, 6) is -1.86. The van der Waals surface area contributed by atoms with Crippen molar-refractivity contribution < 1.29 is 18.7 Å². The van der Waals surface area contributed by atoms with E-state index in [9.17, 15) is 14.0 Å². The third-order valence-electron chi connectivity index (χ3n) is 3.91. The molecule has 112 valence electrons. The Balaban J connectivity index is 1.88. The number of anilines is 2. The minimum atomic E-state index is -0.701. The molecule has 6 heteroatoms. The average molecular weight is 292 g/mol. The Morgan fingerprint density at radius 3 is 3.00 bits per heavy atom. The van der Waals surface area contributed by atoms with Gasteiger partial charge in [0.25, 0.3) is 11.7 Å². The standard InChI is InChI=1S/C15H17FN2O3/c1-2-21-9-4-3-5-18(8-9)13-7-12-10(6-11(13)16)14(19)15(20)17-12/h6-7,9H,2-5,8H2,1H3,(H,17,19,20). The number of amides is 1. The van der Waals surface area contributed by atoms with E-state index in [0.717, 1.165) is 25.5 Å². The van der Waals surface area contributed by atoms with Crippen molar-refractivity contribution in [3.63, 3.8) is 0 Å². The molecular formula is C15H17FN2O3. The number of carbonyl (C=O) groups is 2. The fraction of sp³-hybridized carbons (Fsp3) is 0.467. The first-order valence-electron chi connectivity index (χ1n) is 7.16. The highest BCUT2D eigenvalue weighted by Gasteiger charge is 2.31. The van der Waals surface area contributed by atoms with Crippen LogP contribution in [0.25, 0.3) is 0 Å². The van der Waals surface area contributed by atoms with E-state index in [-0.39, 0.29) is 11.7 Å². The van der Waals surface area contributed by atoms with Crippen LogP contribution in [0, 0.1) is 5.82 Å². The molecule has 1 aromatic carbocycles. The van der Waals surface area contributed by atoms with Crippen LogP contribution in [0.4, 0.5) is 15.8 Å². The number of rotatable bonds is 3. The van der Waals surface area contributed by atoms with Crippen molar-refractivity contribution in [2.75, 3.05) is 29.9 Å². The van der Waals surface area contributed by atoms with Crippen molar-refractivity contribution in [2.24, 2.45) is 0 Å². The summed E-state index contributed by atoms with van der Waals surface area (Å²) >= 11 is 0. The second kappa shape index (κ2) is 5.44. The molecule has 1 N–H and O–H groups in total. The number of hydrogen-bond donors (Lipinski definition) is 1. The Hall–Kier alpha value is -1.95. The molecule has 0 aromatic heterocycles. The Kier molecular flexibility index (Phi) is 3.63. The molecule has 21 heavy (non-hydrogen) atoms. The van der Waals surface area contributed by atoms with E-state index in [1.54, 1.807) is 6.07 Å². The molecule has 2 aliphatic rings. The second-order valence-corrected chi connectivity index (χ2v) is 5.30. The van der Waals surface area contributed by atoms with Gasteiger partial charge in [-0.2, -0.15) is 0 Å². The number of ketones is 1. The molecule has 0 saturated carbocycles. The number of carbonyl (C=O) groups excluding carboxylic acids is 2. The summed E-state index contributed by atoms with van der Waals surface area (Å²) < 4.78 is 19.9. The maximum atomic E-state index is 14.3. The van der Waals surface area contributed by atoms with Crippen LogP contribution in [0.5, 0.6) is 0 Å². The van der Waals surface area contributed by atoms with Crippen LogP contribution in [0.1, 0.15) is 30.1 Å². The molecule has 1 atom stereocenters. The number of halogens is 1. The predicted molar refractivity (Wildman–Crippen MR) is 76.2 cm³/mol. The van der Waals surface area contributed by atoms with Crippen molar-refractivity contribution in [2.45, 2.75) is 25.9 Å². The van der Waals surface area contributed by atoms with E-state index < -0.39 is 17.5 Å². The molecular weight excluding hydrogens is 275 g/mol. The zero-order chi connectivity index (χ0) is 15.0. The molecule has 0 spiro atoms. The van der Waals surface area contributed by atoms with E-state index in [1.165, 1.54) is 0 Å². The number of fused-ring (bicyclic) bond motifs is 1. The summed E-state index contributed by atoms with van der Waals surface area (Å²) in [6, 6.07) is 2.69. The van der Waals surface area contributed by atoms with Crippen molar-refractivity contribution in [3.05, 3.63) is 23.5 Å². The lowest BCUT2D eigenvalue weighted by atomic mass is 10.1. The molecule has 1 unspecified atom stereocenters. The maximum absolute atomic E-state index is 14.3. The molecule has 5 nitrogen and oxygen atoms in total. The lowest BCUT2D eigenvalue weighted by Gasteiger charge is -2.34. The number of nitrogens with zero attached hydrogens (tertiary/aromatic N) is 1. The van der Waals surface area contributed by atoms with Crippen molar-refractivity contribution in [1.82, 2.24) is 0 Å². The van der Waals surface area contributed by atoms with Gasteiger partial charge in [-0.25, -0.2) is 4.39 Å². The predicted octanol–water partition coefficient (Wildman–Crippen LogP) is 1.97. The van der Waals surface area contributed by atoms with Gasteiger partial charge < -0.3 is 15.0 Å². The second-order valence-electron chi connectivity index (χ2n) is 5.30. The zero-order valence-electron chi connectivity index (χ0n) is 11.8. The Morgan fingerprint density at radius 2 is 2.24 bits per heavy atom. The van der Waals surface area contributed by atoms with Gasteiger partial charge in [-0.1, -0.05) is 0 Å². The van der Waals surface area contributed by atoms with Gasteiger partial charge in [-0.3, -0.25) is 9.59 Å². The van der Waals surface area contributed by atoms with Crippen molar-refractivity contribution in [1.29, 1.82) is 0 Å². The Bertz CT molecular complexity index is 601. The molecule has 1 amide bonds. The highest BCUT2D eigenvalue weighted by Crippen LogP contribution is 2.32. The fourth-order valence-electron chi connectivity index (χ4n) is 2.93. The van der Waals surface area contributed by atoms with Crippen LogP contribution >= 0.6 is 0 Å². The molecule has 0 bridgehead atoms. The molecule has 1 saturated heterocycles. The lowest BCUT2D eigenvalue weighted by molar-refractivity contribution is -0.112. The summed E-state index contributed by atoms with van der Waals surface area (Å²) in [5, 5.41) is 2.48. The van der Waals surface area contributed by atoms with Gasteiger partial charge in [0, 0.05) is 19.7 Å². The van der Waals surface area contributed by atoms with E-state index in [0.29, 0.717) is 24.5 Å². The van der Waals surface area contributed by atoms with Crippen LogP contribution in [0.15, 0.2) is 12.1 Å². The third-order valence-corrected chi connectivity index (χ3v) is 3.91. The third kappa shape index (κ3) is 2.51. The van der Waals surface area contributed by atoms with Crippen LogP contribution in [0.2, 0.25) is 0 Å². The van der Waals surface area contributed by atoms with Crippen molar-refractivity contribution >= 4 is 23.1 Å². The summed E-state index contributed by atoms with van der Waals surface area (Å²) in [6.45, 7) is 3.93. The quantitative estimate of drug-likeness (QED) is 0.865. The Morgan fingerprint density at radius 1 is 1.43 bits per heavy atom. The number of Topliss-reactive ketones (excluding diaryl/α,β-unsaturated/α-hetero) is 1. The number of hydrogen-bond acceptors (Lipinski definition) is 4. The summed E-state index contributed by atoms with van der Waals surface area (Å²) in [6.07, 6.45) is 1.98. The SMILES string of the molecule is CCOC1CCCN(c2cc3c(cc2F)C(=O)C(=O)N3)C1. The number of piperidine rings is 1. The minimum absolute atomic E-state index is 0.0904. The number of nitrogens with one attached hydrogen (secondary N) is 1. The van der Waals surface area contributed by atoms with Gasteiger partial charge in [0.1, 0.15) is 5.82 Å². The van der Waals surface area contributed by atoms with Gasteiger partial charge >= 0.3 is 0 Å². The largest absolute Gasteiger partial charge is 0.377 e.